The zero-order valence-corrected chi connectivity index (χ0v) is 12.6. The van der Waals surface area contributed by atoms with Crippen LogP contribution in [0, 0.1) is 6.92 Å². The Labute approximate surface area is 121 Å². The molecule has 0 aliphatic heterocycles. The first-order valence-electron chi connectivity index (χ1n) is 6.96. The summed E-state index contributed by atoms with van der Waals surface area (Å²) in [6.07, 6.45) is 1.00. The Morgan fingerprint density at radius 3 is 2.25 bits per heavy atom. The summed E-state index contributed by atoms with van der Waals surface area (Å²) in [5.41, 5.74) is 3.11. The summed E-state index contributed by atoms with van der Waals surface area (Å²) in [7, 11) is 1.65. The summed E-state index contributed by atoms with van der Waals surface area (Å²) in [5, 5.41) is 10.9. The molecule has 2 heteroatoms. The fraction of sp³-hybridized carbons (Fsp3) is 0.333. The molecule has 0 saturated carbocycles. The molecule has 0 aromatic heterocycles. The van der Waals surface area contributed by atoms with Crippen LogP contribution < -0.4 is 4.74 Å². The monoisotopic (exact) mass is 270 g/mol. The SMILES string of the molecule is CCc1ccc(C(C)(O)c2ccc(OC)cc2C)cc1. The summed E-state index contributed by atoms with van der Waals surface area (Å²) < 4.78 is 5.22. The Balaban J connectivity index is 2.42. The minimum Gasteiger partial charge on any atom is -0.497 e. The number of hydrogen-bond donors (Lipinski definition) is 1. The highest BCUT2D eigenvalue weighted by Gasteiger charge is 2.27. The van der Waals surface area contributed by atoms with Crippen molar-refractivity contribution in [2.45, 2.75) is 32.8 Å². The second-order valence-electron chi connectivity index (χ2n) is 5.30. The Morgan fingerprint density at radius 1 is 1.10 bits per heavy atom. The lowest BCUT2D eigenvalue weighted by molar-refractivity contribution is 0.101. The van der Waals surface area contributed by atoms with E-state index in [0.29, 0.717) is 0 Å². The summed E-state index contributed by atoms with van der Waals surface area (Å²) in [6.45, 7) is 5.95. The molecule has 1 N–H and O–H groups in total. The number of aryl methyl sites for hydroxylation is 2. The van der Waals surface area contributed by atoms with Gasteiger partial charge in [-0.05, 0) is 54.7 Å². The first-order chi connectivity index (χ1) is 9.48. The van der Waals surface area contributed by atoms with Gasteiger partial charge in [0, 0.05) is 0 Å². The minimum atomic E-state index is -0.997. The van der Waals surface area contributed by atoms with E-state index >= 15 is 0 Å². The van der Waals surface area contributed by atoms with Crippen molar-refractivity contribution in [1.29, 1.82) is 0 Å². The summed E-state index contributed by atoms with van der Waals surface area (Å²) in [5.74, 6) is 0.809. The third-order valence-electron chi connectivity index (χ3n) is 3.88. The van der Waals surface area contributed by atoms with E-state index < -0.39 is 5.60 Å². The number of aliphatic hydroxyl groups is 1. The molecule has 2 aromatic carbocycles. The van der Waals surface area contributed by atoms with Gasteiger partial charge in [-0.15, -0.1) is 0 Å². The Morgan fingerprint density at radius 2 is 1.75 bits per heavy atom. The van der Waals surface area contributed by atoms with Crippen LogP contribution in [0.4, 0.5) is 0 Å². The third-order valence-corrected chi connectivity index (χ3v) is 3.88. The van der Waals surface area contributed by atoms with Gasteiger partial charge in [-0.2, -0.15) is 0 Å². The maximum absolute atomic E-state index is 10.9. The predicted molar refractivity (Wildman–Crippen MR) is 82.2 cm³/mol. The largest absolute Gasteiger partial charge is 0.497 e. The molecule has 0 fully saturated rings. The van der Waals surface area contributed by atoms with Gasteiger partial charge in [-0.25, -0.2) is 0 Å². The first kappa shape index (κ1) is 14.6. The van der Waals surface area contributed by atoms with E-state index in [9.17, 15) is 5.11 Å². The van der Waals surface area contributed by atoms with Crippen molar-refractivity contribution >= 4 is 0 Å². The average Bonchev–Trinajstić information content (AvgIpc) is 2.46. The van der Waals surface area contributed by atoms with Crippen molar-refractivity contribution in [3.63, 3.8) is 0 Å². The van der Waals surface area contributed by atoms with E-state index in [2.05, 4.69) is 19.1 Å². The van der Waals surface area contributed by atoms with Gasteiger partial charge in [-0.1, -0.05) is 37.3 Å². The third kappa shape index (κ3) is 2.70. The van der Waals surface area contributed by atoms with E-state index in [1.807, 2.05) is 44.2 Å². The highest BCUT2D eigenvalue weighted by Crippen LogP contribution is 2.33. The summed E-state index contributed by atoms with van der Waals surface area (Å²) in [6, 6.07) is 13.9. The maximum atomic E-state index is 10.9. The number of benzene rings is 2. The molecule has 0 aliphatic carbocycles. The molecular formula is C18H22O2. The van der Waals surface area contributed by atoms with Crippen LogP contribution in [0.25, 0.3) is 0 Å². The van der Waals surface area contributed by atoms with Crippen LogP contribution in [-0.4, -0.2) is 12.2 Å². The number of ether oxygens (including phenoxy) is 1. The van der Waals surface area contributed by atoms with E-state index in [4.69, 9.17) is 4.74 Å². The minimum absolute atomic E-state index is 0.809. The number of rotatable bonds is 4. The standard InChI is InChI=1S/C18H22O2/c1-5-14-6-8-15(9-7-14)18(3,19)17-11-10-16(20-4)12-13(17)2/h6-12,19H,5H2,1-4H3. The summed E-state index contributed by atoms with van der Waals surface area (Å²) in [4.78, 5) is 0. The van der Waals surface area contributed by atoms with E-state index in [0.717, 1.165) is 28.9 Å². The predicted octanol–water partition coefficient (Wildman–Crippen LogP) is 3.82. The molecule has 2 nitrogen and oxygen atoms in total. The van der Waals surface area contributed by atoms with Crippen molar-refractivity contribution in [2.75, 3.05) is 7.11 Å². The second kappa shape index (κ2) is 5.68. The van der Waals surface area contributed by atoms with Crippen LogP contribution in [0.3, 0.4) is 0 Å². The molecular weight excluding hydrogens is 248 g/mol. The summed E-state index contributed by atoms with van der Waals surface area (Å²) >= 11 is 0. The average molecular weight is 270 g/mol. The molecule has 2 aromatic rings. The van der Waals surface area contributed by atoms with Gasteiger partial charge in [0.05, 0.1) is 7.11 Å². The van der Waals surface area contributed by atoms with Gasteiger partial charge in [0.15, 0.2) is 0 Å². The van der Waals surface area contributed by atoms with Gasteiger partial charge in [0.1, 0.15) is 11.4 Å². The lowest BCUT2D eigenvalue weighted by atomic mass is 9.85. The number of hydrogen-bond acceptors (Lipinski definition) is 2. The molecule has 1 atom stereocenters. The molecule has 20 heavy (non-hydrogen) atoms. The fourth-order valence-electron chi connectivity index (χ4n) is 2.53. The molecule has 2 rings (SSSR count). The molecule has 1 unspecified atom stereocenters. The fourth-order valence-corrected chi connectivity index (χ4v) is 2.53. The van der Waals surface area contributed by atoms with E-state index in [1.165, 1.54) is 5.56 Å². The van der Waals surface area contributed by atoms with Crippen molar-refractivity contribution in [2.24, 2.45) is 0 Å². The van der Waals surface area contributed by atoms with E-state index in [1.54, 1.807) is 7.11 Å². The molecule has 0 bridgehead atoms. The Hall–Kier alpha value is -1.80. The quantitative estimate of drug-likeness (QED) is 0.915. The lowest BCUT2D eigenvalue weighted by Gasteiger charge is -2.27. The molecule has 0 amide bonds. The molecule has 0 heterocycles. The highest BCUT2D eigenvalue weighted by molar-refractivity contribution is 5.43. The lowest BCUT2D eigenvalue weighted by Crippen LogP contribution is -2.24. The van der Waals surface area contributed by atoms with Gasteiger partial charge in [-0.3, -0.25) is 0 Å². The number of methoxy groups -OCH3 is 1. The normalized spacial score (nSPS) is 13.8. The van der Waals surface area contributed by atoms with Gasteiger partial charge in [0.25, 0.3) is 0 Å². The van der Waals surface area contributed by atoms with Crippen LogP contribution in [0.5, 0.6) is 5.75 Å². The highest BCUT2D eigenvalue weighted by atomic mass is 16.5. The topological polar surface area (TPSA) is 29.5 Å². The van der Waals surface area contributed by atoms with Crippen molar-refractivity contribution < 1.29 is 9.84 Å². The van der Waals surface area contributed by atoms with E-state index in [-0.39, 0.29) is 0 Å². The van der Waals surface area contributed by atoms with Crippen LogP contribution >= 0.6 is 0 Å². The molecule has 0 spiro atoms. The molecule has 0 radical (unpaired) electrons. The zero-order valence-electron chi connectivity index (χ0n) is 12.6. The Kier molecular flexibility index (Phi) is 4.15. The molecule has 106 valence electrons. The van der Waals surface area contributed by atoms with Crippen LogP contribution in [0.2, 0.25) is 0 Å². The van der Waals surface area contributed by atoms with Crippen molar-refractivity contribution in [3.8, 4) is 5.75 Å². The van der Waals surface area contributed by atoms with Crippen molar-refractivity contribution in [3.05, 3.63) is 64.7 Å². The molecule has 0 aliphatic rings. The van der Waals surface area contributed by atoms with Gasteiger partial charge in [0.2, 0.25) is 0 Å². The first-order valence-corrected chi connectivity index (χ1v) is 6.96. The van der Waals surface area contributed by atoms with Crippen molar-refractivity contribution in [1.82, 2.24) is 0 Å². The van der Waals surface area contributed by atoms with Crippen LogP contribution in [-0.2, 0) is 12.0 Å². The Bertz CT molecular complexity index is 583. The van der Waals surface area contributed by atoms with Gasteiger partial charge < -0.3 is 9.84 Å². The zero-order chi connectivity index (χ0) is 14.8. The van der Waals surface area contributed by atoms with Gasteiger partial charge >= 0.3 is 0 Å². The van der Waals surface area contributed by atoms with Crippen LogP contribution in [0.15, 0.2) is 42.5 Å². The second-order valence-corrected chi connectivity index (χ2v) is 5.30. The maximum Gasteiger partial charge on any atom is 0.119 e. The van der Waals surface area contributed by atoms with Crippen LogP contribution in [0.1, 0.15) is 36.1 Å². The molecule has 0 saturated heterocycles. The smallest absolute Gasteiger partial charge is 0.119 e.